The van der Waals surface area contributed by atoms with Gasteiger partial charge in [-0.25, -0.2) is 4.52 Å². The van der Waals surface area contributed by atoms with Crippen molar-refractivity contribution in [2.24, 2.45) is 0 Å². The first-order chi connectivity index (χ1) is 10.0. The lowest BCUT2D eigenvalue weighted by molar-refractivity contribution is -0.274. The van der Waals surface area contributed by atoms with Gasteiger partial charge in [0.2, 0.25) is 5.95 Å². The molecule has 2 aromatic heterocycles. The maximum Gasteiger partial charge on any atom is 0.573 e. The van der Waals surface area contributed by atoms with Crippen LogP contribution in [-0.2, 0) is 0 Å². The van der Waals surface area contributed by atoms with Gasteiger partial charge in [0.05, 0.1) is 5.69 Å². The smallest absolute Gasteiger partial charge is 0.404 e. The number of halogens is 3. The van der Waals surface area contributed by atoms with Gasteiger partial charge >= 0.3 is 6.36 Å². The van der Waals surface area contributed by atoms with Crippen LogP contribution in [0.5, 0.6) is 5.75 Å². The molecule has 1 aromatic carbocycles. The number of nitrogens with zero attached hydrogens (tertiary/aromatic N) is 3. The average molecular weight is 294 g/mol. The molecule has 5 nitrogen and oxygen atoms in total. The zero-order chi connectivity index (χ0) is 14.9. The summed E-state index contributed by atoms with van der Waals surface area (Å²) in [6, 6.07) is 11.0. The summed E-state index contributed by atoms with van der Waals surface area (Å²) in [7, 11) is 0. The Bertz CT molecular complexity index is 736. The molecule has 21 heavy (non-hydrogen) atoms. The number of pyridine rings is 1. The highest BCUT2D eigenvalue weighted by Gasteiger charge is 2.32. The minimum Gasteiger partial charge on any atom is -0.404 e. The van der Waals surface area contributed by atoms with Crippen LogP contribution in [0, 0.1) is 0 Å². The molecule has 0 fully saturated rings. The highest BCUT2D eigenvalue weighted by atomic mass is 19.4. The topological polar surface area (TPSA) is 51.5 Å². The van der Waals surface area contributed by atoms with Crippen molar-refractivity contribution in [1.82, 2.24) is 14.6 Å². The van der Waals surface area contributed by atoms with E-state index in [0.29, 0.717) is 5.65 Å². The van der Waals surface area contributed by atoms with Gasteiger partial charge in [-0.05, 0) is 24.3 Å². The van der Waals surface area contributed by atoms with Crippen molar-refractivity contribution in [3.05, 3.63) is 48.7 Å². The summed E-state index contributed by atoms with van der Waals surface area (Å²) in [5, 5.41) is 6.82. The molecule has 0 saturated heterocycles. The Morgan fingerprint density at radius 3 is 2.57 bits per heavy atom. The number of hydrogen-bond acceptors (Lipinski definition) is 4. The zero-order valence-electron chi connectivity index (χ0n) is 10.5. The van der Waals surface area contributed by atoms with Gasteiger partial charge < -0.3 is 10.1 Å². The zero-order valence-corrected chi connectivity index (χ0v) is 10.5. The third-order valence-electron chi connectivity index (χ3n) is 2.60. The quantitative estimate of drug-likeness (QED) is 0.804. The normalized spacial score (nSPS) is 11.6. The number of rotatable bonds is 3. The molecule has 0 radical (unpaired) electrons. The van der Waals surface area contributed by atoms with Crippen LogP contribution in [0.3, 0.4) is 0 Å². The average Bonchev–Trinajstić information content (AvgIpc) is 2.81. The highest BCUT2D eigenvalue weighted by Crippen LogP contribution is 2.31. The van der Waals surface area contributed by atoms with Gasteiger partial charge in [0.1, 0.15) is 0 Å². The van der Waals surface area contributed by atoms with E-state index in [1.54, 1.807) is 30.5 Å². The van der Waals surface area contributed by atoms with Gasteiger partial charge in [-0.3, -0.25) is 0 Å². The lowest BCUT2D eigenvalue weighted by atomic mass is 10.3. The summed E-state index contributed by atoms with van der Waals surface area (Å²) >= 11 is 0. The van der Waals surface area contributed by atoms with E-state index in [1.165, 1.54) is 22.7 Å². The Morgan fingerprint density at radius 2 is 1.81 bits per heavy atom. The molecule has 3 aromatic rings. The molecule has 0 aliphatic rings. The van der Waals surface area contributed by atoms with Crippen molar-refractivity contribution in [3.8, 4) is 5.75 Å². The first kappa shape index (κ1) is 13.2. The molecule has 3 rings (SSSR count). The summed E-state index contributed by atoms with van der Waals surface area (Å²) in [5.41, 5.74) is 0.708. The molecule has 108 valence electrons. The Hall–Kier alpha value is -2.77. The number of benzene rings is 1. The number of hydrogen-bond donors (Lipinski definition) is 1. The first-order valence-corrected chi connectivity index (χ1v) is 5.94. The van der Waals surface area contributed by atoms with Crippen molar-refractivity contribution in [1.29, 1.82) is 0 Å². The minimum atomic E-state index is -4.76. The lowest BCUT2D eigenvalue weighted by Gasteiger charge is -2.12. The van der Waals surface area contributed by atoms with Crippen molar-refractivity contribution in [2.75, 3.05) is 5.32 Å². The van der Waals surface area contributed by atoms with Crippen LogP contribution in [-0.4, -0.2) is 21.0 Å². The van der Waals surface area contributed by atoms with E-state index in [1.807, 2.05) is 0 Å². The molecular formula is C13H9F3N4O. The molecule has 8 heteroatoms. The maximum atomic E-state index is 12.3. The second-order valence-corrected chi connectivity index (χ2v) is 4.11. The second kappa shape index (κ2) is 4.97. The van der Waals surface area contributed by atoms with Crippen LogP contribution in [0.1, 0.15) is 0 Å². The maximum absolute atomic E-state index is 12.3. The van der Waals surface area contributed by atoms with Crippen molar-refractivity contribution in [2.45, 2.75) is 6.36 Å². The Labute approximate surface area is 117 Å². The van der Waals surface area contributed by atoms with Crippen LogP contribution in [0.4, 0.5) is 24.8 Å². The van der Waals surface area contributed by atoms with Crippen LogP contribution < -0.4 is 10.1 Å². The lowest BCUT2D eigenvalue weighted by Crippen LogP contribution is -2.17. The van der Waals surface area contributed by atoms with E-state index < -0.39 is 6.36 Å². The van der Waals surface area contributed by atoms with E-state index in [4.69, 9.17) is 0 Å². The Morgan fingerprint density at radius 1 is 1.05 bits per heavy atom. The van der Waals surface area contributed by atoms with E-state index in [-0.39, 0.29) is 17.4 Å². The van der Waals surface area contributed by atoms with Gasteiger partial charge in [-0.2, -0.15) is 4.98 Å². The van der Waals surface area contributed by atoms with Gasteiger partial charge in [-0.15, -0.1) is 18.3 Å². The van der Waals surface area contributed by atoms with Crippen LogP contribution in [0.2, 0.25) is 0 Å². The van der Waals surface area contributed by atoms with Crippen LogP contribution in [0.15, 0.2) is 48.7 Å². The van der Waals surface area contributed by atoms with Gasteiger partial charge in [0.25, 0.3) is 0 Å². The van der Waals surface area contributed by atoms with E-state index in [2.05, 4.69) is 20.1 Å². The largest absolute Gasteiger partial charge is 0.573 e. The number of ether oxygens (including phenoxy) is 1. The number of para-hydroxylation sites is 2. The minimum absolute atomic E-state index is 0.130. The summed E-state index contributed by atoms with van der Waals surface area (Å²) in [5.74, 6) is -0.164. The monoisotopic (exact) mass is 294 g/mol. The molecule has 0 amide bonds. The fraction of sp³-hybridized carbons (Fsp3) is 0.0769. The molecule has 1 N–H and O–H groups in total. The van der Waals surface area contributed by atoms with E-state index in [0.717, 1.165) is 0 Å². The van der Waals surface area contributed by atoms with Gasteiger partial charge in [-0.1, -0.05) is 18.2 Å². The number of nitrogens with one attached hydrogen (secondary N) is 1. The van der Waals surface area contributed by atoms with Crippen molar-refractivity contribution in [3.63, 3.8) is 0 Å². The molecular weight excluding hydrogens is 285 g/mol. The van der Waals surface area contributed by atoms with Crippen LogP contribution in [0.25, 0.3) is 5.65 Å². The molecule has 0 aliphatic heterocycles. The molecule has 2 heterocycles. The predicted molar refractivity (Wildman–Crippen MR) is 69.4 cm³/mol. The number of aromatic nitrogens is 3. The Kier molecular flexibility index (Phi) is 3.13. The third kappa shape index (κ3) is 3.04. The fourth-order valence-electron chi connectivity index (χ4n) is 1.79. The summed E-state index contributed by atoms with van der Waals surface area (Å²) < 4.78 is 42.5. The molecule has 0 atom stereocenters. The second-order valence-electron chi connectivity index (χ2n) is 4.11. The first-order valence-electron chi connectivity index (χ1n) is 5.94. The highest BCUT2D eigenvalue weighted by molar-refractivity contribution is 5.63. The third-order valence-corrected chi connectivity index (χ3v) is 2.60. The van der Waals surface area contributed by atoms with Gasteiger partial charge in [0, 0.05) is 6.20 Å². The van der Waals surface area contributed by atoms with E-state index >= 15 is 0 Å². The Balaban J connectivity index is 1.90. The number of anilines is 2. The number of fused-ring (bicyclic) bond motifs is 1. The molecule has 0 bridgehead atoms. The number of alkyl halides is 3. The SMILES string of the molecule is FC(F)(F)Oc1ccccc1Nc1nc2ccccn2n1. The van der Waals surface area contributed by atoms with Gasteiger partial charge in [0.15, 0.2) is 11.4 Å². The van der Waals surface area contributed by atoms with Crippen LogP contribution >= 0.6 is 0 Å². The van der Waals surface area contributed by atoms with Crippen molar-refractivity contribution >= 4 is 17.3 Å². The molecule has 0 aliphatic carbocycles. The van der Waals surface area contributed by atoms with Crippen molar-refractivity contribution < 1.29 is 17.9 Å². The molecule has 0 spiro atoms. The summed E-state index contributed by atoms with van der Waals surface area (Å²) in [4.78, 5) is 4.15. The summed E-state index contributed by atoms with van der Waals surface area (Å²) in [6.45, 7) is 0. The molecule has 0 unspecified atom stereocenters. The fourth-order valence-corrected chi connectivity index (χ4v) is 1.79. The summed E-state index contributed by atoms with van der Waals surface area (Å²) in [6.07, 6.45) is -3.07. The predicted octanol–water partition coefficient (Wildman–Crippen LogP) is 3.37. The molecule has 0 saturated carbocycles. The van der Waals surface area contributed by atoms with E-state index in [9.17, 15) is 13.2 Å². The standard InChI is InChI=1S/C13H9F3N4O/c14-13(15,16)21-10-6-2-1-5-9(10)17-12-18-11-7-3-4-8-20(11)19-12/h1-8H,(H,17,19).